The minimum absolute atomic E-state index is 0.119. The van der Waals surface area contributed by atoms with Crippen molar-refractivity contribution < 1.29 is 13.9 Å². The summed E-state index contributed by atoms with van der Waals surface area (Å²) in [6.45, 7) is 8.53. The number of benzene rings is 2. The molecule has 1 atom stereocenters. The third-order valence-corrected chi connectivity index (χ3v) is 5.64. The molecule has 1 aliphatic heterocycles. The SMILES string of the molecule is Cc1cc(OCC2(C)COC2)cc(C)c1-c1ccc(F)c2c1CC[C@H]2N. The Morgan fingerprint density at radius 3 is 2.54 bits per heavy atom. The topological polar surface area (TPSA) is 44.5 Å². The maximum absolute atomic E-state index is 14.2. The van der Waals surface area contributed by atoms with Crippen molar-refractivity contribution in [3.05, 3.63) is 52.3 Å². The molecule has 1 saturated heterocycles. The zero-order valence-corrected chi connectivity index (χ0v) is 15.7. The Morgan fingerprint density at radius 2 is 1.92 bits per heavy atom. The van der Waals surface area contributed by atoms with Crippen LogP contribution in [0, 0.1) is 25.1 Å². The van der Waals surface area contributed by atoms with E-state index in [1.807, 2.05) is 6.07 Å². The van der Waals surface area contributed by atoms with Gasteiger partial charge < -0.3 is 15.2 Å². The van der Waals surface area contributed by atoms with Crippen molar-refractivity contribution >= 4 is 0 Å². The van der Waals surface area contributed by atoms with Crippen molar-refractivity contribution in [3.63, 3.8) is 0 Å². The molecular formula is C22H26FNO2. The number of nitrogens with two attached hydrogens (primary N) is 1. The highest BCUT2D eigenvalue weighted by Crippen LogP contribution is 2.41. The van der Waals surface area contributed by atoms with Crippen LogP contribution in [0.25, 0.3) is 11.1 Å². The first-order chi connectivity index (χ1) is 12.4. The first-order valence-electron chi connectivity index (χ1n) is 9.27. The minimum atomic E-state index is -0.196. The van der Waals surface area contributed by atoms with E-state index in [9.17, 15) is 4.39 Å². The molecule has 1 fully saturated rings. The quantitative estimate of drug-likeness (QED) is 0.880. The minimum Gasteiger partial charge on any atom is -0.493 e. The predicted molar refractivity (Wildman–Crippen MR) is 101 cm³/mol. The molecule has 4 heteroatoms. The van der Waals surface area contributed by atoms with Crippen molar-refractivity contribution in [2.75, 3.05) is 19.8 Å². The highest BCUT2D eigenvalue weighted by atomic mass is 19.1. The van der Waals surface area contributed by atoms with E-state index in [1.54, 1.807) is 6.07 Å². The molecule has 26 heavy (non-hydrogen) atoms. The average Bonchev–Trinajstić information content (AvgIpc) is 2.95. The Bertz CT molecular complexity index is 834. The predicted octanol–water partition coefficient (Wildman–Crippen LogP) is 4.47. The summed E-state index contributed by atoms with van der Waals surface area (Å²) in [7, 11) is 0. The van der Waals surface area contributed by atoms with Crippen LogP contribution in [0.15, 0.2) is 24.3 Å². The molecule has 1 aliphatic carbocycles. The van der Waals surface area contributed by atoms with Crippen LogP contribution in [0.4, 0.5) is 4.39 Å². The molecule has 0 bridgehead atoms. The van der Waals surface area contributed by atoms with E-state index < -0.39 is 0 Å². The first-order valence-corrected chi connectivity index (χ1v) is 9.27. The van der Waals surface area contributed by atoms with Crippen molar-refractivity contribution in [2.24, 2.45) is 11.1 Å². The highest BCUT2D eigenvalue weighted by Gasteiger charge is 2.34. The molecule has 138 valence electrons. The van der Waals surface area contributed by atoms with Gasteiger partial charge in [-0.25, -0.2) is 4.39 Å². The van der Waals surface area contributed by atoms with Gasteiger partial charge in [0.1, 0.15) is 11.6 Å². The van der Waals surface area contributed by atoms with Gasteiger partial charge in [-0.2, -0.15) is 0 Å². The van der Waals surface area contributed by atoms with Gasteiger partial charge >= 0.3 is 0 Å². The third kappa shape index (κ3) is 2.91. The normalized spacial score (nSPS) is 20.6. The van der Waals surface area contributed by atoms with Crippen LogP contribution in [0.3, 0.4) is 0 Å². The van der Waals surface area contributed by atoms with E-state index in [0.29, 0.717) is 12.2 Å². The number of ether oxygens (including phenoxy) is 2. The fourth-order valence-corrected chi connectivity index (χ4v) is 4.21. The van der Waals surface area contributed by atoms with E-state index in [4.69, 9.17) is 15.2 Å². The zero-order chi connectivity index (χ0) is 18.5. The monoisotopic (exact) mass is 355 g/mol. The molecule has 0 spiro atoms. The average molecular weight is 355 g/mol. The van der Waals surface area contributed by atoms with Gasteiger partial charge in [-0.05, 0) is 72.7 Å². The van der Waals surface area contributed by atoms with Crippen LogP contribution < -0.4 is 10.5 Å². The van der Waals surface area contributed by atoms with E-state index in [-0.39, 0.29) is 17.3 Å². The number of rotatable bonds is 4. The van der Waals surface area contributed by atoms with Gasteiger partial charge in [-0.3, -0.25) is 0 Å². The van der Waals surface area contributed by atoms with Crippen molar-refractivity contribution in [2.45, 2.75) is 39.7 Å². The van der Waals surface area contributed by atoms with Gasteiger partial charge in [-0.15, -0.1) is 0 Å². The Balaban J connectivity index is 1.68. The fourth-order valence-electron chi connectivity index (χ4n) is 4.21. The maximum atomic E-state index is 14.2. The Kier molecular flexibility index (Phi) is 4.28. The molecule has 0 aromatic heterocycles. The molecule has 2 aliphatic rings. The second-order valence-corrected chi connectivity index (χ2v) is 8.16. The summed E-state index contributed by atoms with van der Waals surface area (Å²) in [6, 6.07) is 7.42. The Morgan fingerprint density at radius 1 is 1.23 bits per heavy atom. The molecule has 0 saturated carbocycles. The smallest absolute Gasteiger partial charge is 0.128 e. The van der Waals surface area contributed by atoms with E-state index in [1.165, 1.54) is 5.56 Å². The number of halogens is 1. The molecule has 2 aromatic carbocycles. The lowest BCUT2D eigenvalue weighted by Gasteiger charge is -2.37. The Hall–Kier alpha value is -1.91. The van der Waals surface area contributed by atoms with Gasteiger partial charge in [0.25, 0.3) is 0 Å². The van der Waals surface area contributed by atoms with Crippen molar-refractivity contribution in [3.8, 4) is 16.9 Å². The summed E-state index contributed by atoms with van der Waals surface area (Å²) in [5, 5.41) is 0. The molecule has 0 amide bonds. The number of hydrogen-bond acceptors (Lipinski definition) is 3. The molecule has 2 aromatic rings. The lowest BCUT2D eigenvalue weighted by molar-refractivity contribution is -0.120. The van der Waals surface area contributed by atoms with E-state index in [0.717, 1.165) is 54.1 Å². The van der Waals surface area contributed by atoms with Crippen LogP contribution >= 0.6 is 0 Å². The van der Waals surface area contributed by atoms with Crippen LogP contribution in [0.2, 0.25) is 0 Å². The summed E-state index contributed by atoms with van der Waals surface area (Å²) < 4.78 is 25.6. The van der Waals surface area contributed by atoms with E-state index in [2.05, 4.69) is 32.9 Å². The molecule has 3 nitrogen and oxygen atoms in total. The number of aryl methyl sites for hydroxylation is 2. The summed E-state index contributed by atoms with van der Waals surface area (Å²) in [6.07, 6.45) is 1.64. The summed E-state index contributed by atoms with van der Waals surface area (Å²) in [4.78, 5) is 0. The molecule has 0 radical (unpaired) electrons. The lowest BCUT2D eigenvalue weighted by Crippen LogP contribution is -2.44. The first kappa shape index (κ1) is 17.5. The molecule has 2 N–H and O–H groups in total. The van der Waals surface area contributed by atoms with Gasteiger partial charge in [0.05, 0.1) is 19.8 Å². The summed E-state index contributed by atoms with van der Waals surface area (Å²) in [5.74, 6) is 0.701. The van der Waals surface area contributed by atoms with Gasteiger partial charge in [0.15, 0.2) is 0 Å². The molecule has 1 heterocycles. The summed E-state index contributed by atoms with van der Waals surface area (Å²) >= 11 is 0. The fraction of sp³-hybridized carbons (Fsp3) is 0.455. The largest absolute Gasteiger partial charge is 0.493 e. The molecule has 4 rings (SSSR count). The van der Waals surface area contributed by atoms with Crippen LogP contribution in [-0.4, -0.2) is 19.8 Å². The van der Waals surface area contributed by atoms with Crippen molar-refractivity contribution in [1.82, 2.24) is 0 Å². The third-order valence-electron chi connectivity index (χ3n) is 5.64. The Labute approximate surface area is 154 Å². The standard InChI is InChI=1S/C22H26FNO2/c1-13-8-15(26-12-22(3)10-25-11-22)9-14(2)20(13)16-4-6-18(23)21-17(16)5-7-19(21)24/h4,6,8-9,19H,5,7,10-12,24H2,1-3H3/t19-/m1/s1. The van der Waals surface area contributed by atoms with Crippen LogP contribution in [0.5, 0.6) is 5.75 Å². The summed E-state index contributed by atoms with van der Waals surface area (Å²) in [5.41, 5.74) is 12.6. The molecule has 0 unspecified atom stereocenters. The zero-order valence-electron chi connectivity index (χ0n) is 15.7. The van der Waals surface area contributed by atoms with E-state index >= 15 is 0 Å². The second kappa shape index (κ2) is 6.36. The maximum Gasteiger partial charge on any atom is 0.128 e. The van der Waals surface area contributed by atoms with Crippen LogP contribution in [0.1, 0.15) is 41.6 Å². The lowest BCUT2D eigenvalue weighted by atomic mass is 9.89. The van der Waals surface area contributed by atoms with Gasteiger partial charge in [0, 0.05) is 17.0 Å². The molecular weight excluding hydrogens is 329 g/mol. The van der Waals surface area contributed by atoms with Crippen LogP contribution in [-0.2, 0) is 11.2 Å². The second-order valence-electron chi connectivity index (χ2n) is 8.16. The van der Waals surface area contributed by atoms with Gasteiger partial charge in [-0.1, -0.05) is 13.0 Å². The number of hydrogen-bond donors (Lipinski definition) is 1. The number of fused-ring (bicyclic) bond motifs is 1. The van der Waals surface area contributed by atoms with Crippen molar-refractivity contribution in [1.29, 1.82) is 0 Å². The van der Waals surface area contributed by atoms with Gasteiger partial charge in [0.2, 0.25) is 0 Å². The highest BCUT2D eigenvalue weighted by molar-refractivity contribution is 5.76.